The molecule has 0 unspecified atom stereocenters. The minimum absolute atomic E-state index is 0.348. The molecular formula is C10H17N5O. The highest BCUT2D eigenvalue weighted by Gasteiger charge is 2.24. The summed E-state index contributed by atoms with van der Waals surface area (Å²) in [6.45, 7) is 0. The molecule has 6 nitrogen and oxygen atoms in total. The molecule has 0 amide bonds. The van der Waals surface area contributed by atoms with Gasteiger partial charge in [-0.2, -0.15) is 15.0 Å². The summed E-state index contributed by atoms with van der Waals surface area (Å²) in [6, 6.07) is 0.900. The summed E-state index contributed by atoms with van der Waals surface area (Å²) in [6.07, 6.45) is 3.70. The third-order valence-electron chi connectivity index (χ3n) is 2.95. The van der Waals surface area contributed by atoms with Crippen molar-refractivity contribution >= 4 is 11.9 Å². The summed E-state index contributed by atoms with van der Waals surface area (Å²) in [7, 11) is 5.35. The molecule has 1 aromatic heterocycles. The molecule has 88 valence electrons. The van der Waals surface area contributed by atoms with Crippen LogP contribution in [0.1, 0.15) is 19.3 Å². The standard InChI is InChI=1S/C10H17N5O/c1-11-8-12-9(14-10(13-8)16-3)15(2)7-5-4-6-7/h7H,4-6H2,1-3H3,(H,11,12,13,14). The minimum atomic E-state index is 0.348. The van der Waals surface area contributed by atoms with Crippen molar-refractivity contribution in [3.8, 4) is 6.01 Å². The fourth-order valence-corrected chi connectivity index (χ4v) is 1.64. The smallest absolute Gasteiger partial charge is 0.322 e. The van der Waals surface area contributed by atoms with Crippen molar-refractivity contribution in [3.05, 3.63) is 0 Å². The Bertz CT molecular complexity index is 344. The van der Waals surface area contributed by atoms with Gasteiger partial charge in [0, 0.05) is 20.1 Å². The molecular weight excluding hydrogens is 206 g/mol. The molecule has 0 spiro atoms. The first-order valence-corrected chi connectivity index (χ1v) is 5.45. The molecule has 1 aliphatic rings. The van der Waals surface area contributed by atoms with Crippen LogP contribution in [-0.2, 0) is 0 Å². The van der Waals surface area contributed by atoms with E-state index in [1.165, 1.54) is 19.3 Å². The molecule has 1 heterocycles. The predicted octanol–water partition coefficient (Wildman–Crippen LogP) is 0.911. The maximum Gasteiger partial charge on any atom is 0.322 e. The molecule has 0 saturated heterocycles. The molecule has 2 rings (SSSR count). The zero-order valence-corrected chi connectivity index (χ0v) is 9.90. The van der Waals surface area contributed by atoms with Crippen LogP contribution in [0.4, 0.5) is 11.9 Å². The molecule has 1 N–H and O–H groups in total. The topological polar surface area (TPSA) is 63.2 Å². The Morgan fingerprint density at radius 3 is 2.56 bits per heavy atom. The molecule has 0 aliphatic heterocycles. The van der Waals surface area contributed by atoms with Gasteiger partial charge in [0.05, 0.1) is 7.11 Å². The highest BCUT2D eigenvalue weighted by Crippen LogP contribution is 2.27. The molecule has 0 radical (unpaired) electrons. The first-order chi connectivity index (χ1) is 7.74. The number of anilines is 2. The summed E-state index contributed by atoms with van der Waals surface area (Å²) < 4.78 is 5.05. The van der Waals surface area contributed by atoms with E-state index in [2.05, 4.69) is 25.2 Å². The van der Waals surface area contributed by atoms with Gasteiger partial charge in [-0.1, -0.05) is 0 Å². The van der Waals surface area contributed by atoms with Gasteiger partial charge in [-0.3, -0.25) is 0 Å². The van der Waals surface area contributed by atoms with Gasteiger partial charge in [0.15, 0.2) is 0 Å². The number of nitrogens with zero attached hydrogens (tertiary/aromatic N) is 4. The average Bonchev–Trinajstić information content (AvgIpc) is 2.26. The van der Waals surface area contributed by atoms with E-state index in [4.69, 9.17) is 4.74 Å². The first kappa shape index (κ1) is 10.9. The van der Waals surface area contributed by atoms with Crippen LogP contribution in [0.15, 0.2) is 0 Å². The van der Waals surface area contributed by atoms with Crippen LogP contribution in [0.2, 0.25) is 0 Å². The summed E-state index contributed by atoms with van der Waals surface area (Å²) in [5.41, 5.74) is 0. The van der Waals surface area contributed by atoms with Gasteiger partial charge in [0.1, 0.15) is 0 Å². The Kier molecular flexibility index (Phi) is 3.07. The van der Waals surface area contributed by atoms with Gasteiger partial charge in [0.2, 0.25) is 11.9 Å². The lowest BCUT2D eigenvalue weighted by Gasteiger charge is -2.34. The zero-order chi connectivity index (χ0) is 11.5. The number of aromatic nitrogens is 3. The van der Waals surface area contributed by atoms with E-state index < -0.39 is 0 Å². The minimum Gasteiger partial charge on any atom is -0.467 e. The third kappa shape index (κ3) is 2.00. The van der Waals surface area contributed by atoms with E-state index in [9.17, 15) is 0 Å². The van der Waals surface area contributed by atoms with Crippen LogP contribution in [0, 0.1) is 0 Å². The SMILES string of the molecule is CNc1nc(OC)nc(N(C)C2CCC2)n1. The van der Waals surface area contributed by atoms with E-state index in [0.717, 1.165) is 0 Å². The molecule has 0 bridgehead atoms. The van der Waals surface area contributed by atoms with Gasteiger partial charge in [-0.05, 0) is 19.3 Å². The lowest BCUT2D eigenvalue weighted by atomic mass is 9.92. The molecule has 0 aromatic carbocycles. The summed E-state index contributed by atoms with van der Waals surface area (Å²) in [4.78, 5) is 14.7. The van der Waals surface area contributed by atoms with Crippen LogP contribution >= 0.6 is 0 Å². The van der Waals surface area contributed by atoms with Crippen molar-refractivity contribution in [2.24, 2.45) is 0 Å². The van der Waals surface area contributed by atoms with Gasteiger partial charge in [0.25, 0.3) is 0 Å². The fourth-order valence-electron chi connectivity index (χ4n) is 1.64. The summed E-state index contributed by atoms with van der Waals surface area (Å²) >= 11 is 0. The van der Waals surface area contributed by atoms with Crippen molar-refractivity contribution in [2.75, 3.05) is 31.4 Å². The largest absolute Gasteiger partial charge is 0.467 e. The van der Waals surface area contributed by atoms with Crippen LogP contribution in [0.3, 0.4) is 0 Å². The molecule has 0 atom stereocenters. The Morgan fingerprint density at radius 2 is 2.06 bits per heavy atom. The number of nitrogens with one attached hydrogen (secondary N) is 1. The number of hydrogen-bond donors (Lipinski definition) is 1. The molecule has 6 heteroatoms. The van der Waals surface area contributed by atoms with Crippen molar-refractivity contribution < 1.29 is 4.74 Å². The maximum atomic E-state index is 5.05. The normalized spacial score (nSPS) is 15.4. The Balaban J connectivity index is 2.24. The van der Waals surface area contributed by atoms with Crippen molar-refractivity contribution in [1.82, 2.24) is 15.0 Å². The van der Waals surface area contributed by atoms with Crippen molar-refractivity contribution in [3.63, 3.8) is 0 Å². The lowest BCUT2D eigenvalue weighted by Crippen LogP contribution is -2.38. The highest BCUT2D eigenvalue weighted by molar-refractivity contribution is 5.38. The van der Waals surface area contributed by atoms with Gasteiger partial charge in [-0.15, -0.1) is 0 Å². The zero-order valence-electron chi connectivity index (χ0n) is 9.90. The lowest BCUT2D eigenvalue weighted by molar-refractivity contribution is 0.371. The average molecular weight is 223 g/mol. The molecule has 1 saturated carbocycles. The highest BCUT2D eigenvalue weighted by atomic mass is 16.5. The number of hydrogen-bond acceptors (Lipinski definition) is 6. The van der Waals surface area contributed by atoms with E-state index in [0.29, 0.717) is 23.9 Å². The second kappa shape index (κ2) is 4.51. The van der Waals surface area contributed by atoms with Crippen LogP contribution < -0.4 is 15.0 Å². The van der Waals surface area contributed by atoms with E-state index >= 15 is 0 Å². The van der Waals surface area contributed by atoms with E-state index in [1.807, 2.05) is 7.05 Å². The third-order valence-corrected chi connectivity index (χ3v) is 2.95. The van der Waals surface area contributed by atoms with Crippen LogP contribution in [0.25, 0.3) is 0 Å². The van der Waals surface area contributed by atoms with E-state index in [-0.39, 0.29) is 0 Å². The first-order valence-electron chi connectivity index (χ1n) is 5.45. The number of rotatable bonds is 4. The second-order valence-corrected chi connectivity index (χ2v) is 3.89. The van der Waals surface area contributed by atoms with Crippen LogP contribution in [0.5, 0.6) is 6.01 Å². The predicted molar refractivity (Wildman–Crippen MR) is 62.0 cm³/mol. The Hall–Kier alpha value is -1.59. The van der Waals surface area contributed by atoms with Crippen LogP contribution in [-0.4, -0.2) is 42.2 Å². The summed E-state index contributed by atoms with van der Waals surface area (Å²) in [5.74, 6) is 1.20. The van der Waals surface area contributed by atoms with Crippen molar-refractivity contribution in [2.45, 2.75) is 25.3 Å². The molecule has 1 aromatic rings. The monoisotopic (exact) mass is 223 g/mol. The van der Waals surface area contributed by atoms with Gasteiger partial charge < -0.3 is 15.0 Å². The molecule has 16 heavy (non-hydrogen) atoms. The maximum absolute atomic E-state index is 5.05. The second-order valence-electron chi connectivity index (χ2n) is 3.89. The summed E-state index contributed by atoms with van der Waals surface area (Å²) in [5, 5.41) is 2.90. The van der Waals surface area contributed by atoms with Crippen molar-refractivity contribution in [1.29, 1.82) is 0 Å². The molecule has 1 fully saturated rings. The molecule has 1 aliphatic carbocycles. The number of ether oxygens (including phenoxy) is 1. The Labute approximate surface area is 95.1 Å². The van der Waals surface area contributed by atoms with E-state index in [1.54, 1.807) is 14.2 Å². The van der Waals surface area contributed by atoms with Gasteiger partial charge in [-0.25, -0.2) is 0 Å². The van der Waals surface area contributed by atoms with Gasteiger partial charge >= 0.3 is 6.01 Å². The number of methoxy groups -OCH3 is 1. The Morgan fingerprint density at radius 1 is 1.31 bits per heavy atom. The quantitative estimate of drug-likeness (QED) is 0.818. The fraction of sp³-hybridized carbons (Fsp3) is 0.700.